The number of nitrogens with zero attached hydrogens (tertiary/aromatic N) is 1. The van der Waals surface area contributed by atoms with Crippen LogP contribution in [0.4, 0.5) is 10.2 Å². The molecule has 0 aliphatic carbocycles. The third kappa shape index (κ3) is 5.32. The van der Waals surface area contributed by atoms with Gasteiger partial charge in [0, 0.05) is 11.4 Å². The number of hydrogen-bond donors (Lipinski definition) is 2. The van der Waals surface area contributed by atoms with Crippen molar-refractivity contribution in [3.05, 3.63) is 57.2 Å². The molecule has 9 heteroatoms. The summed E-state index contributed by atoms with van der Waals surface area (Å²) < 4.78 is 28.8. The first-order chi connectivity index (χ1) is 14.2. The monoisotopic (exact) mass is 453 g/mol. The molecule has 1 unspecified atom stereocenters. The summed E-state index contributed by atoms with van der Waals surface area (Å²) in [4.78, 5) is 4.50. The molecule has 1 atom stereocenters. The molecule has 0 fully saturated rings. The molecule has 0 saturated heterocycles. The first-order valence-corrected chi connectivity index (χ1v) is 11.5. The van der Waals surface area contributed by atoms with Crippen LogP contribution in [-0.2, 0) is 4.74 Å². The van der Waals surface area contributed by atoms with Crippen LogP contribution in [0.25, 0.3) is 0 Å². The Morgan fingerprint density at radius 2 is 2.34 bits per heavy atom. The number of halogens is 2. The molecular weight excluding hydrogens is 433 g/mol. The highest BCUT2D eigenvalue weighted by atomic mass is 35.5. The van der Waals surface area contributed by atoms with Crippen LogP contribution in [0.5, 0.6) is 5.75 Å². The van der Waals surface area contributed by atoms with Crippen molar-refractivity contribution in [1.29, 1.82) is 0 Å². The summed E-state index contributed by atoms with van der Waals surface area (Å²) >= 11 is 8.95. The molecule has 0 amide bonds. The summed E-state index contributed by atoms with van der Waals surface area (Å²) in [6, 6.07) is 2.96. The van der Waals surface area contributed by atoms with E-state index in [2.05, 4.69) is 27.2 Å². The quantitative estimate of drug-likeness (QED) is 0.571. The van der Waals surface area contributed by atoms with Crippen molar-refractivity contribution in [2.24, 2.45) is 0 Å². The van der Waals surface area contributed by atoms with E-state index >= 15 is 0 Å². The minimum absolute atomic E-state index is 0.0487. The second kappa shape index (κ2) is 9.95. The lowest BCUT2D eigenvalue weighted by atomic mass is 9.92. The largest absolute Gasteiger partial charge is 0.490 e. The Bertz CT molecular complexity index is 905. The van der Waals surface area contributed by atoms with Crippen molar-refractivity contribution in [2.75, 3.05) is 31.1 Å². The van der Waals surface area contributed by atoms with Gasteiger partial charge in [-0.3, -0.25) is 0 Å². The van der Waals surface area contributed by atoms with Crippen molar-refractivity contribution < 1.29 is 13.9 Å². The number of nitrogens with one attached hydrogen (secondary N) is 2. The maximum Gasteiger partial charge on any atom is 0.147 e. The molecule has 0 saturated carbocycles. The first kappa shape index (κ1) is 20.7. The van der Waals surface area contributed by atoms with E-state index in [1.165, 1.54) is 28.5 Å². The van der Waals surface area contributed by atoms with Crippen LogP contribution in [0.3, 0.4) is 0 Å². The average molecular weight is 454 g/mol. The Morgan fingerprint density at radius 3 is 3.14 bits per heavy atom. The number of anilines is 1. The summed E-state index contributed by atoms with van der Waals surface area (Å²) in [7, 11) is 0. The van der Waals surface area contributed by atoms with Crippen molar-refractivity contribution in [2.45, 2.75) is 23.8 Å². The molecule has 3 heterocycles. The lowest BCUT2D eigenvalue weighted by molar-refractivity contribution is 0.154. The predicted molar refractivity (Wildman–Crippen MR) is 117 cm³/mol. The van der Waals surface area contributed by atoms with Crippen LogP contribution in [0, 0.1) is 5.82 Å². The smallest absolute Gasteiger partial charge is 0.147 e. The van der Waals surface area contributed by atoms with Crippen molar-refractivity contribution in [3.63, 3.8) is 0 Å². The molecule has 2 aliphatic rings. The second-order valence-electron chi connectivity index (χ2n) is 6.61. The van der Waals surface area contributed by atoms with Crippen molar-refractivity contribution in [1.82, 2.24) is 10.3 Å². The van der Waals surface area contributed by atoms with Gasteiger partial charge in [0.2, 0.25) is 0 Å². The van der Waals surface area contributed by atoms with E-state index in [0.29, 0.717) is 34.7 Å². The Hall–Kier alpha value is -1.58. The van der Waals surface area contributed by atoms with Gasteiger partial charge in [-0.25, -0.2) is 9.37 Å². The Kier molecular flexibility index (Phi) is 7.10. The predicted octanol–water partition coefficient (Wildman–Crippen LogP) is 5.07. The van der Waals surface area contributed by atoms with E-state index in [-0.39, 0.29) is 6.04 Å². The van der Waals surface area contributed by atoms with Gasteiger partial charge in [-0.05, 0) is 48.5 Å². The molecule has 4 rings (SSSR count). The van der Waals surface area contributed by atoms with Gasteiger partial charge in [0.1, 0.15) is 24.0 Å². The van der Waals surface area contributed by atoms with Gasteiger partial charge >= 0.3 is 0 Å². The first-order valence-electron chi connectivity index (χ1n) is 9.34. The zero-order chi connectivity index (χ0) is 20.1. The number of rotatable bonds is 7. The Balaban J connectivity index is 1.41. The summed E-state index contributed by atoms with van der Waals surface area (Å²) in [5, 5.41) is 5.71. The molecule has 0 radical (unpaired) electrons. The highest BCUT2D eigenvalue weighted by Crippen LogP contribution is 2.34. The van der Waals surface area contributed by atoms with Crippen LogP contribution >= 0.6 is 34.9 Å². The van der Waals surface area contributed by atoms with Crippen molar-refractivity contribution >= 4 is 40.7 Å². The summed E-state index contributed by atoms with van der Waals surface area (Å²) in [5.41, 5.74) is 4.26. The van der Waals surface area contributed by atoms with Crippen LogP contribution in [0.15, 0.2) is 51.2 Å². The van der Waals surface area contributed by atoms with Crippen LogP contribution < -0.4 is 14.8 Å². The molecule has 2 N–H and O–H groups in total. The van der Waals surface area contributed by atoms with Crippen LogP contribution in [-0.4, -0.2) is 37.4 Å². The molecule has 1 aromatic heterocycles. The number of benzene rings is 1. The van der Waals surface area contributed by atoms with Gasteiger partial charge in [0.05, 0.1) is 34.7 Å². The van der Waals surface area contributed by atoms with E-state index in [4.69, 9.17) is 21.1 Å². The lowest BCUT2D eigenvalue weighted by Crippen LogP contribution is -2.40. The zero-order valence-corrected chi connectivity index (χ0v) is 18.0. The molecule has 154 valence electrons. The summed E-state index contributed by atoms with van der Waals surface area (Å²) in [5.74, 6) is 0.632. The van der Waals surface area contributed by atoms with Crippen LogP contribution in [0.1, 0.15) is 12.8 Å². The Labute approximate surface area is 182 Å². The van der Waals surface area contributed by atoms with Gasteiger partial charge in [-0.15, -0.1) is 11.3 Å². The van der Waals surface area contributed by atoms with E-state index in [0.717, 1.165) is 37.9 Å². The van der Waals surface area contributed by atoms with Gasteiger partial charge < -0.3 is 19.5 Å². The normalized spacial score (nSPS) is 19.4. The summed E-state index contributed by atoms with van der Waals surface area (Å²) in [6.45, 7) is 2.65. The summed E-state index contributed by atoms with van der Waals surface area (Å²) in [6.07, 6.45) is 6.27. The molecule has 0 bridgehead atoms. The molecule has 5 nitrogen and oxygen atoms in total. The van der Waals surface area contributed by atoms with Gasteiger partial charge in [0.15, 0.2) is 0 Å². The van der Waals surface area contributed by atoms with E-state index < -0.39 is 5.82 Å². The number of ether oxygens (including phenoxy) is 2. The number of aromatic nitrogens is 1. The van der Waals surface area contributed by atoms with E-state index in [1.807, 2.05) is 5.38 Å². The fourth-order valence-corrected chi connectivity index (χ4v) is 4.77. The zero-order valence-electron chi connectivity index (χ0n) is 15.6. The maximum atomic E-state index is 14.5. The van der Waals surface area contributed by atoms with Crippen LogP contribution in [0.2, 0.25) is 5.02 Å². The maximum absolute atomic E-state index is 14.5. The lowest BCUT2D eigenvalue weighted by Gasteiger charge is -2.29. The molecule has 2 aromatic rings. The molecule has 0 spiro atoms. The number of thiazole rings is 1. The minimum Gasteiger partial charge on any atom is -0.490 e. The fraction of sp³-hybridized carbons (Fsp3) is 0.350. The van der Waals surface area contributed by atoms with Crippen molar-refractivity contribution in [3.8, 4) is 5.75 Å². The van der Waals surface area contributed by atoms with E-state index in [9.17, 15) is 4.39 Å². The molecule has 1 aromatic carbocycles. The van der Waals surface area contributed by atoms with E-state index in [1.54, 1.807) is 11.6 Å². The SMILES string of the molecule is Fc1cc(OCC2NCCC=C2C2=CCOCC2)c(Cl)cc1SNc1cscn1. The van der Waals surface area contributed by atoms with Gasteiger partial charge in [-0.1, -0.05) is 23.8 Å². The van der Waals surface area contributed by atoms with Gasteiger partial charge in [0.25, 0.3) is 0 Å². The average Bonchev–Trinajstić information content (AvgIpc) is 3.27. The molecular formula is C20H21ClFN3O2S2. The Morgan fingerprint density at radius 1 is 1.41 bits per heavy atom. The van der Waals surface area contributed by atoms with Gasteiger partial charge in [-0.2, -0.15) is 0 Å². The minimum atomic E-state index is -0.392. The molecule has 29 heavy (non-hydrogen) atoms. The third-order valence-corrected chi connectivity index (χ3v) is 6.42. The second-order valence-corrected chi connectivity index (χ2v) is 8.58. The highest BCUT2D eigenvalue weighted by Gasteiger charge is 2.23. The topological polar surface area (TPSA) is 55.4 Å². The molecule has 2 aliphatic heterocycles. The third-order valence-electron chi connectivity index (χ3n) is 4.70. The number of hydrogen-bond acceptors (Lipinski definition) is 7. The standard InChI is InChI=1S/C20H21ClFN3O2S2/c21-15-8-19(29-25-20-11-28-12-24-20)16(22)9-18(15)27-10-17-14(2-1-5-23-17)13-3-6-26-7-4-13/h2-3,8-9,11-12,17,23,25H,1,4-7,10H2. The fourth-order valence-electron chi connectivity index (χ4n) is 3.27. The highest BCUT2D eigenvalue weighted by molar-refractivity contribution is 8.00.